The quantitative estimate of drug-likeness (QED) is 0.705. The van der Waals surface area contributed by atoms with Gasteiger partial charge in [-0.05, 0) is 51.9 Å². The molecule has 1 N–H and O–H groups in total. The van der Waals surface area contributed by atoms with Crippen molar-refractivity contribution in [3.8, 4) is 0 Å². The molecule has 0 atom stereocenters. The van der Waals surface area contributed by atoms with E-state index in [2.05, 4.69) is 39.4 Å². The average Bonchev–Trinajstić information content (AvgIpc) is 3.03. The van der Waals surface area contributed by atoms with E-state index < -0.39 is 0 Å². The van der Waals surface area contributed by atoms with Gasteiger partial charge in [0.1, 0.15) is 6.33 Å². The Balaban J connectivity index is 1.82. The summed E-state index contributed by atoms with van der Waals surface area (Å²) in [5.74, 6) is 0.0923. The summed E-state index contributed by atoms with van der Waals surface area (Å²) >= 11 is 0. The van der Waals surface area contributed by atoms with Gasteiger partial charge in [0.15, 0.2) is 5.65 Å². The maximum atomic E-state index is 12.1. The molecule has 0 fully saturated rings. The molecule has 132 valence electrons. The van der Waals surface area contributed by atoms with Crippen molar-refractivity contribution in [1.82, 2.24) is 30.0 Å². The van der Waals surface area contributed by atoms with Crippen LogP contribution in [0.25, 0.3) is 5.65 Å². The van der Waals surface area contributed by atoms with Gasteiger partial charge in [-0.15, -0.1) is 10.2 Å². The van der Waals surface area contributed by atoms with Gasteiger partial charge in [0.25, 0.3) is 0 Å². The van der Waals surface area contributed by atoms with Crippen LogP contribution in [0.2, 0.25) is 0 Å². The van der Waals surface area contributed by atoms with E-state index in [0.717, 1.165) is 55.1 Å². The molecular weight excluding hydrogens is 304 g/mol. The highest BCUT2D eigenvalue weighted by atomic mass is 16.1. The number of nitrogens with zero attached hydrogens (tertiary/aromatic N) is 5. The standard InChI is InChI=1S/C17H28N6O/c1-5-22(6-2)11-7-10-18-16(24)9-8-15-13(3)17-20-19-12-23(17)21-14(15)4/h12H,5-11H2,1-4H3,(H,18,24). The summed E-state index contributed by atoms with van der Waals surface area (Å²) < 4.78 is 1.68. The molecule has 0 spiro atoms. The fourth-order valence-corrected chi connectivity index (χ4v) is 2.94. The number of carbonyl (C=O) groups excluding carboxylic acids is 1. The number of nitrogens with one attached hydrogen (secondary N) is 1. The lowest BCUT2D eigenvalue weighted by molar-refractivity contribution is -0.121. The summed E-state index contributed by atoms with van der Waals surface area (Å²) in [6, 6.07) is 0. The first-order valence-corrected chi connectivity index (χ1v) is 8.71. The Hall–Kier alpha value is -2.02. The van der Waals surface area contributed by atoms with Gasteiger partial charge in [0.2, 0.25) is 5.91 Å². The Morgan fingerprint density at radius 3 is 2.75 bits per heavy atom. The van der Waals surface area contributed by atoms with Crippen molar-refractivity contribution in [2.24, 2.45) is 0 Å². The van der Waals surface area contributed by atoms with Crippen LogP contribution < -0.4 is 5.32 Å². The molecule has 0 aliphatic rings. The second-order valence-electron chi connectivity index (χ2n) is 6.02. The molecule has 0 unspecified atom stereocenters. The van der Waals surface area contributed by atoms with Crippen molar-refractivity contribution in [2.45, 2.75) is 47.0 Å². The Morgan fingerprint density at radius 2 is 2.04 bits per heavy atom. The van der Waals surface area contributed by atoms with E-state index in [-0.39, 0.29) is 5.91 Å². The second-order valence-corrected chi connectivity index (χ2v) is 6.02. The first-order chi connectivity index (χ1) is 11.6. The minimum atomic E-state index is 0.0923. The van der Waals surface area contributed by atoms with Gasteiger partial charge >= 0.3 is 0 Å². The molecule has 2 aromatic heterocycles. The van der Waals surface area contributed by atoms with E-state index in [1.807, 2.05) is 13.8 Å². The molecule has 0 aliphatic carbocycles. The third-order valence-corrected chi connectivity index (χ3v) is 4.48. The van der Waals surface area contributed by atoms with Crippen LogP contribution in [0.5, 0.6) is 0 Å². The monoisotopic (exact) mass is 332 g/mol. The zero-order chi connectivity index (χ0) is 17.5. The summed E-state index contributed by atoms with van der Waals surface area (Å²) in [7, 11) is 0. The number of hydrogen-bond donors (Lipinski definition) is 1. The number of aryl methyl sites for hydroxylation is 2. The van der Waals surface area contributed by atoms with Crippen molar-refractivity contribution < 1.29 is 4.79 Å². The minimum Gasteiger partial charge on any atom is -0.356 e. The Kier molecular flexibility index (Phi) is 6.66. The van der Waals surface area contributed by atoms with E-state index in [4.69, 9.17) is 0 Å². The fraction of sp³-hybridized carbons (Fsp3) is 0.647. The van der Waals surface area contributed by atoms with Crippen LogP contribution >= 0.6 is 0 Å². The SMILES string of the molecule is CCN(CC)CCCNC(=O)CCc1c(C)nn2cnnc2c1C. The summed E-state index contributed by atoms with van der Waals surface area (Å²) in [5, 5.41) is 15.4. The number of aromatic nitrogens is 4. The molecule has 0 saturated heterocycles. The number of hydrogen-bond acceptors (Lipinski definition) is 5. The summed E-state index contributed by atoms with van der Waals surface area (Å²) in [5.41, 5.74) is 3.83. The lowest BCUT2D eigenvalue weighted by Gasteiger charge is -2.17. The lowest BCUT2D eigenvalue weighted by atomic mass is 10.0. The van der Waals surface area contributed by atoms with Gasteiger partial charge in [0.05, 0.1) is 5.69 Å². The molecule has 0 saturated carbocycles. The highest BCUT2D eigenvalue weighted by molar-refractivity contribution is 5.76. The van der Waals surface area contributed by atoms with Crippen LogP contribution in [0.1, 0.15) is 43.5 Å². The number of carbonyl (C=O) groups is 1. The molecule has 0 aromatic carbocycles. The molecule has 2 rings (SSSR count). The van der Waals surface area contributed by atoms with Crippen LogP contribution in [0.4, 0.5) is 0 Å². The number of rotatable bonds is 9. The topological polar surface area (TPSA) is 75.4 Å². The molecule has 2 aromatic rings. The molecule has 2 heterocycles. The van der Waals surface area contributed by atoms with Crippen LogP contribution in [-0.2, 0) is 11.2 Å². The van der Waals surface area contributed by atoms with Gasteiger partial charge in [-0.2, -0.15) is 5.10 Å². The highest BCUT2D eigenvalue weighted by Crippen LogP contribution is 2.17. The number of amides is 1. The maximum absolute atomic E-state index is 12.1. The zero-order valence-electron chi connectivity index (χ0n) is 15.2. The zero-order valence-corrected chi connectivity index (χ0v) is 15.2. The smallest absolute Gasteiger partial charge is 0.220 e. The molecule has 0 bridgehead atoms. The van der Waals surface area contributed by atoms with E-state index in [1.54, 1.807) is 10.8 Å². The lowest BCUT2D eigenvalue weighted by Crippen LogP contribution is -2.30. The first kappa shape index (κ1) is 18.3. The number of fused-ring (bicyclic) bond motifs is 1. The summed E-state index contributed by atoms with van der Waals surface area (Å²) in [4.78, 5) is 14.4. The van der Waals surface area contributed by atoms with Gasteiger partial charge in [0, 0.05) is 18.5 Å². The summed E-state index contributed by atoms with van der Waals surface area (Å²) in [6.45, 7) is 12.2. The van der Waals surface area contributed by atoms with E-state index >= 15 is 0 Å². The van der Waals surface area contributed by atoms with Crippen molar-refractivity contribution in [3.05, 3.63) is 23.1 Å². The minimum absolute atomic E-state index is 0.0923. The average molecular weight is 332 g/mol. The predicted molar refractivity (Wildman–Crippen MR) is 94.0 cm³/mol. The van der Waals surface area contributed by atoms with E-state index in [1.165, 1.54) is 0 Å². The van der Waals surface area contributed by atoms with Gasteiger partial charge in [-0.25, -0.2) is 4.52 Å². The Labute approximate surface area is 143 Å². The molecular formula is C17H28N6O. The van der Waals surface area contributed by atoms with Crippen LogP contribution in [0.3, 0.4) is 0 Å². The van der Waals surface area contributed by atoms with Crippen LogP contribution in [0, 0.1) is 13.8 Å². The molecule has 7 heteroatoms. The van der Waals surface area contributed by atoms with Crippen molar-refractivity contribution in [2.75, 3.05) is 26.2 Å². The normalized spacial score (nSPS) is 11.4. The maximum Gasteiger partial charge on any atom is 0.220 e. The molecule has 0 radical (unpaired) electrons. The molecule has 1 amide bonds. The van der Waals surface area contributed by atoms with Crippen molar-refractivity contribution in [3.63, 3.8) is 0 Å². The van der Waals surface area contributed by atoms with Gasteiger partial charge < -0.3 is 10.2 Å². The van der Waals surface area contributed by atoms with E-state index in [9.17, 15) is 4.79 Å². The Morgan fingerprint density at radius 1 is 1.29 bits per heavy atom. The Bertz CT molecular complexity index is 677. The van der Waals surface area contributed by atoms with Crippen molar-refractivity contribution in [1.29, 1.82) is 0 Å². The molecule has 24 heavy (non-hydrogen) atoms. The van der Waals surface area contributed by atoms with Crippen LogP contribution in [-0.4, -0.2) is 56.8 Å². The van der Waals surface area contributed by atoms with Crippen LogP contribution in [0.15, 0.2) is 6.33 Å². The third-order valence-electron chi connectivity index (χ3n) is 4.48. The molecule has 7 nitrogen and oxygen atoms in total. The van der Waals surface area contributed by atoms with Gasteiger partial charge in [-0.1, -0.05) is 13.8 Å². The molecule has 0 aliphatic heterocycles. The largest absolute Gasteiger partial charge is 0.356 e. The van der Waals surface area contributed by atoms with Gasteiger partial charge in [-0.3, -0.25) is 4.79 Å². The third kappa shape index (κ3) is 4.50. The first-order valence-electron chi connectivity index (χ1n) is 8.71. The fourth-order valence-electron chi connectivity index (χ4n) is 2.94. The second kappa shape index (κ2) is 8.73. The summed E-state index contributed by atoms with van der Waals surface area (Å²) in [6.07, 6.45) is 3.73. The van der Waals surface area contributed by atoms with Crippen molar-refractivity contribution >= 4 is 11.6 Å². The highest BCUT2D eigenvalue weighted by Gasteiger charge is 2.12. The van der Waals surface area contributed by atoms with E-state index in [0.29, 0.717) is 12.8 Å². The predicted octanol–water partition coefficient (Wildman–Crippen LogP) is 1.52.